The van der Waals surface area contributed by atoms with Crippen molar-refractivity contribution >= 4 is 50.7 Å². The standard InChI is InChI=1S/C23H23ClN2O4S2/c1-16-7-10-20(11-8-16)32(28,29)26(18-9-12-22(30-2)21(24)14-18)15-23(27)25-17-5-4-6-19(13-17)31-3/h4-14H,15H2,1-3H3,(H,25,27). The summed E-state index contributed by atoms with van der Waals surface area (Å²) in [5.41, 5.74) is 1.76. The molecule has 6 nitrogen and oxygen atoms in total. The minimum atomic E-state index is -4.04. The van der Waals surface area contributed by atoms with Crippen LogP contribution in [0.3, 0.4) is 0 Å². The van der Waals surface area contributed by atoms with Crippen LogP contribution in [0.15, 0.2) is 76.5 Å². The Hall–Kier alpha value is -2.68. The van der Waals surface area contributed by atoms with Crippen molar-refractivity contribution in [2.24, 2.45) is 0 Å². The molecule has 0 aromatic heterocycles. The van der Waals surface area contributed by atoms with Gasteiger partial charge >= 0.3 is 0 Å². The van der Waals surface area contributed by atoms with Gasteiger partial charge in [0.25, 0.3) is 10.0 Å². The van der Waals surface area contributed by atoms with E-state index in [0.29, 0.717) is 11.4 Å². The highest BCUT2D eigenvalue weighted by Crippen LogP contribution is 2.32. The number of benzene rings is 3. The third kappa shape index (κ3) is 5.56. The number of ether oxygens (including phenoxy) is 1. The molecule has 0 radical (unpaired) electrons. The summed E-state index contributed by atoms with van der Waals surface area (Å²) in [6.07, 6.45) is 1.93. The fourth-order valence-electron chi connectivity index (χ4n) is 2.99. The molecule has 0 saturated heterocycles. The van der Waals surface area contributed by atoms with Gasteiger partial charge in [0.2, 0.25) is 5.91 Å². The normalized spacial score (nSPS) is 11.1. The lowest BCUT2D eigenvalue weighted by Gasteiger charge is -2.24. The fourth-order valence-corrected chi connectivity index (χ4v) is 5.12. The van der Waals surface area contributed by atoms with E-state index in [0.717, 1.165) is 14.8 Å². The Balaban J connectivity index is 1.97. The molecule has 32 heavy (non-hydrogen) atoms. The maximum Gasteiger partial charge on any atom is 0.264 e. The van der Waals surface area contributed by atoms with Crippen LogP contribution < -0.4 is 14.4 Å². The monoisotopic (exact) mass is 490 g/mol. The molecular formula is C23H23ClN2O4S2. The Morgan fingerprint density at radius 2 is 1.81 bits per heavy atom. The number of anilines is 2. The second kappa shape index (κ2) is 10.3. The predicted octanol–water partition coefficient (Wildman–Crippen LogP) is 5.21. The number of methoxy groups -OCH3 is 1. The molecule has 0 heterocycles. The first-order chi connectivity index (χ1) is 15.2. The number of nitrogens with zero attached hydrogens (tertiary/aromatic N) is 1. The lowest BCUT2D eigenvalue weighted by Crippen LogP contribution is -2.38. The van der Waals surface area contributed by atoms with Crippen LogP contribution in [0, 0.1) is 6.92 Å². The molecule has 0 saturated carbocycles. The summed E-state index contributed by atoms with van der Waals surface area (Å²) in [4.78, 5) is 13.9. The highest BCUT2D eigenvalue weighted by Gasteiger charge is 2.28. The molecule has 3 rings (SSSR count). The highest BCUT2D eigenvalue weighted by atomic mass is 35.5. The van der Waals surface area contributed by atoms with Crippen LogP contribution >= 0.6 is 23.4 Å². The number of carbonyl (C=O) groups is 1. The third-order valence-corrected chi connectivity index (χ3v) is 7.48. The number of hydrogen-bond donors (Lipinski definition) is 1. The number of thioether (sulfide) groups is 1. The number of aryl methyl sites for hydroxylation is 1. The summed E-state index contributed by atoms with van der Waals surface area (Å²) >= 11 is 7.79. The first-order valence-electron chi connectivity index (χ1n) is 9.61. The average Bonchev–Trinajstić information content (AvgIpc) is 2.77. The van der Waals surface area contributed by atoms with Crippen LogP contribution in [0.25, 0.3) is 0 Å². The summed E-state index contributed by atoms with van der Waals surface area (Å²) in [6.45, 7) is 1.44. The SMILES string of the molecule is COc1ccc(N(CC(=O)Nc2cccc(SC)c2)S(=O)(=O)c2ccc(C)cc2)cc1Cl. The van der Waals surface area contributed by atoms with Crippen LogP contribution in [-0.4, -0.2) is 34.2 Å². The van der Waals surface area contributed by atoms with Crippen LogP contribution in [-0.2, 0) is 14.8 Å². The molecule has 1 N–H and O–H groups in total. The Kier molecular flexibility index (Phi) is 7.71. The molecule has 0 aliphatic heterocycles. The van der Waals surface area contributed by atoms with Crippen molar-refractivity contribution in [2.75, 3.05) is 29.5 Å². The Morgan fingerprint density at radius 3 is 2.44 bits per heavy atom. The first kappa shape index (κ1) is 24.0. The van der Waals surface area contributed by atoms with Crippen molar-refractivity contribution in [3.8, 4) is 5.75 Å². The molecule has 0 spiro atoms. The van der Waals surface area contributed by atoms with E-state index >= 15 is 0 Å². The first-order valence-corrected chi connectivity index (χ1v) is 12.7. The molecular weight excluding hydrogens is 468 g/mol. The van der Waals surface area contributed by atoms with Crippen molar-refractivity contribution in [1.82, 2.24) is 0 Å². The van der Waals surface area contributed by atoms with Crippen molar-refractivity contribution in [3.63, 3.8) is 0 Å². The predicted molar refractivity (Wildman–Crippen MR) is 131 cm³/mol. The molecule has 0 bridgehead atoms. The highest BCUT2D eigenvalue weighted by molar-refractivity contribution is 7.98. The molecule has 3 aromatic rings. The molecule has 0 fully saturated rings. The van der Waals surface area contributed by atoms with Gasteiger partial charge in [-0.25, -0.2) is 8.42 Å². The van der Waals surface area contributed by atoms with Crippen LogP contribution in [0.5, 0.6) is 5.75 Å². The Labute approximate surface area is 197 Å². The summed E-state index contributed by atoms with van der Waals surface area (Å²) in [7, 11) is -2.57. The van der Waals surface area contributed by atoms with Gasteiger partial charge < -0.3 is 10.1 Å². The lowest BCUT2D eigenvalue weighted by atomic mass is 10.2. The maximum atomic E-state index is 13.5. The Morgan fingerprint density at radius 1 is 1.09 bits per heavy atom. The van der Waals surface area contributed by atoms with Crippen molar-refractivity contribution < 1.29 is 17.9 Å². The number of nitrogens with one attached hydrogen (secondary N) is 1. The number of carbonyl (C=O) groups excluding carboxylic acids is 1. The van der Waals surface area contributed by atoms with Gasteiger partial charge in [-0.1, -0.05) is 35.4 Å². The molecule has 3 aromatic carbocycles. The summed E-state index contributed by atoms with van der Waals surface area (Å²) in [5.74, 6) is -0.0766. The minimum absolute atomic E-state index is 0.0761. The van der Waals surface area contributed by atoms with E-state index < -0.39 is 22.5 Å². The van der Waals surface area contributed by atoms with Gasteiger partial charge in [0, 0.05) is 10.6 Å². The number of sulfonamides is 1. The molecule has 9 heteroatoms. The topological polar surface area (TPSA) is 75.7 Å². The number of hydrogen-bond acceptors (Lipinski definition) is 5. The molecule has 0 aliphatic carbocycles. The maximum absolute atomic E-state index is 13.5. The van der Waals surface area contributed by atoms with Crippen molar-refractivity contribution in [3.05, 3.63) is 77.3 Å². The second-order valence-corrected chi connectivity index (χ2v) is 10.1. The van der Waals surface area contributed by atoms with Gasteiger partial charge in [-0.2, -0.15) is 0 Å². The zero-order valence-corrected chi connectivity index (χ0v) is 20.2. The van der Waals surface area contributed by atoms with Gasteiger partial charge in [0.1, 0.15) is 12.3 Å². The summed E-state index contributed by atoms with van der Waals surface area (Å²) in [5, 5.41) is 3.01. The quantitative estimate of drug-likeness (QED) is 0.438. The molecule has 0 atom stereocenters. The van der Waals surface area contributed by atoms with E-state index in [-0.39, 0.29) is 15.6 Å². The van der Waals surface area contributed by atoms with Gasteiger partial charge in [-0.05, 0) is 61.7 Å². The van der Waals surface area contributed by atoms with E-state index in [1.54, 1.807) is 42.1 Å². The number of amides is 1. The molecule has 0 aliphatic rings. The molecule has 0 unspecified atom stereocenters. The van der Waals surface area contributed by atoms with Crippen LogP contribution in [0.2, 0.25) is 5.02 Å². The van der Waals surface area contributed by atoms with Gasteiger partial charge in [-0.3, -0.25) is 9.10 Å². The zero-order valence-electron chi connectivity index (χ0n) is 17.8. The number of halogens is 1. The van der Waals surface area contributed by atoms with E-state index in [1.165, 1.54) is 25.3 Å². The zero-order chi connectivity index (χ0) is 23.3. The van der Waals surface area contributed by atoms with E-state index in [1.807, 2.05) is 31.4 Å². The van der Waals surface area contributed by atoms with E-state index in [4.69, 9.17) is 16.3 Å². The van der Waals surface area contributed by atoms with Gasteiger partial charge in [0.05, 0.1) is 22.7 Å². The van der Waals surface area contributed by atoms with Crippen LogP contribution in [0.1, 0.15) is 5.56 Å². The molecule has 168 valence electrons. The fraction of sp³-hybridized carbons (Fsp3) is 0.174. The summed E-state index contributed by atoms with van der Waals surface area (Å²) in [6, 6.07) is 18.4. The van der Waals surface area contributed by atoms with E-state index in [9.17, 15) is 13.2 Å². The molecule has 1 amide bonds. The van der Waals surface area contributed by atoms with Crippen molar-refractivity contribution in [2.45, 2.75) is 16.7 Å². The van der Waals surface area contributed by atoms with Crippen LogP contribution in [0.4, 0.5) is 11.4 Å². The lowest BCUT2D eigenvalue weighted by molar-refractivity contribution is -0.114. The van der Waals surface area contributed by atoms with Crippen molar-refractivity contribution in [1.29, 1.82) is 0 Å². The average molecular weight is 491 g/mol. The largest absolute Gasteiger partial charge is 0.495 e. The minimum Gasteiger partial charge on any atom is -0.495 e. The smallest absolute Gasteiger partial charge is 0.264 e. The second-order valence-electron chi connectivity index (χ2n) is 6.92. The summed E-state index contributed by atoms with van der Waals surface area (Å²) < 4.78 is 33.1. The van der Waals surface area contributed by atoms with E-state index in [2.05, 4.69) is 5.32 Å². The third-order valence-electron chi connectivity index (χ3n) is 4.67. The van der Waals surface area contributed by atoms with Gasteiger partial charge in [-0.15, -0.1) is 11.8 Å². The van der Waals surface area contributed by atoms with Gasteiger partial charge in [0.15, 0.2) is 0 Å². The number of rotatable bonds is 8. The Bertz CT molecular complexity index is 1210.